The smallest absolute Gasteiger partial charge is 0.360 e. The van der Waals surface area contributed by atoms with Gasteiger partial charge in [-0.3, -0.25) is 4.79 Å². The standard InChI is InChI=1S/C25H22N2O7/c1-4-33-24(29)17-13-19(27-23(28)15-8-6-5-7-9-15)25(30)34-20(17)11-10-16-12-21(31-2)22(32-3)14-18(16)26/h5-14H,4H2,1-3H3,(H,27,28)/b11-10+. The number of benzene rings is 2. The Morgan fingerprint density at radius 1 is 1.03 bits per heavy atom. The first kappa shape index (κ1) is 24.1. The van der Waals surface area contributed by atoms with Crippen LogP contribution in [0.3, 0.4) is 0 Å². The van der Waals surface area contributed by atoms with Crippen molar-refractivity contribution in [3.63, 3.8) is 0 Å². The van der Waals surface area contributed by atoms with Crippen LogP contribution in [0.25, 0.3) is 12.2 Å². The fraction of sp³-hybridized carbons (Fsp3) is 0.160. The summed E-state index contributed by atoms with van der Waals surface area (Å²) in [7, 11) is 2.88. The summed E-state index contributed by atoms with van der Waals surface area (Å²) in [6.07, 6.45) is 2.76. The number of anilines is 1. The lowest BCUT2D eigenvalue weighted by atomic mass is 10.1. The maximum Gasteiger partial charge on any atom is 0.360 e. The van der Waals surface area contributed by atoms with Gasteiger partial charge in [0.1, 0.15) is 17.0 Å². The number of esters is 1. The van der Waals surface area contributed by atoms with E-state index in [9.17, 15) is 20.1 Å². The first-order valence-electron chi connectivity index (χ1n) is 10.2. The van der Waals surface area contributed by atoms with Crippen LogP contribution in [0.15, 0.2) is 57.7 Å². The second-order valence-electron chi connectivity index (χ2n) is 6.87. The topological polar surface area (TPSA) is 126 Å². The Morgan fingerprint density at radius 2 is 1.71 bits per heavy atom. The van der Waals surface area contributed by atoms with E-state index in [0.717, 1.165) is 0 Å². The van der Waals surface area contributed by atoms with E-state index in [2.05, 4.69) is 5.32 Å². The minimum Gasteiger partial charge on any atom is -0.493 e. The number of hydrogen-bond acceptors (Lipinski definition) is 7. The highest BCUT2D eigenvalue weighted by Gasteiger charge is 2.19. The Kier molecular flexibility index (Phi) is 7.71. The van der Waals surface area contributed by atoms with Gasteiger partial charge in [0, 0.05) is 17.2 Å². The number of carbonyl (C=O) groups excluding carboxylic acids is 2. The monoisotopic (exact) mass is 462 g/mol. The fourth-order valence-corrected chi connectivity index (χ4v) is 3.03. The molecule has 0 aliphatic rings. The lowest BCUT2D eigenvalue weighted by Crippen LogP contribution is -2.20. The van der Waals surface area contributed by atoms with Crippen LogP contribution in [0, 0.1) is 0 Å². The Hall–Kier alpha value is -4.53. The Morgan fingerprint density at radius 3 is 2.35 bits per heavy atom. The molecule has 9 nitrogen and oxygen atoms in total. The maximum absolute atomic E-state index is 12.5. The van der Waals surface area contributed by atoms with Gasteiger partial charge in [-0.1, -0.05) is 18.2 Å². The van der Waals surface area contributed by atoms with E-state index in [-0.39, 0.29) is 29.3 Å². The molecule has 0 saturated carbocycles. The van der Waals surface area contributed by atoms with Gasteiger partial charge in [-0.25, -0.2) is 9.59 Å². The van der Waals surface area contributed by atoms with Gasteiger partial charge in [0.2, 0.25) is 0 Å². The highest BCUT2D eigenvalue weighted by Crippen LogP contribution is 2.33. The van der Waals surface area contributed by atoms with E-state index in [1.807, 2.05) is 0 Å². The van der Waals surface area contributed by atoms with E-state index in [4.69, 9.17) is 18.6 Å². The number of ether oxygens (including phenoxy) is 3. The molecule has 0 spiro atoms. The molecule has 2 aromatic carbocycles. The molecule has 0 bridgehead atoms. The second-order valence-corrected chi connectivity index (χ2v) is 6.87. The van der Waals surface area contributed by atoms with Crippen LogP contribution < -0.4 is 26.1 Å². The number of nitrogens with one attached hydrogen (secondary N) is 1. The summed E-state index contributed by atoms with van der Waals surface area (Å²) in [5.41, 5.74) is 9.62. The van der Waals surface area contributed by atoms with E-state index >= 15 is 0 Å². The van der Waals surface area contributed by atoms with Crippen LogP contribution >= 0.6 is 0 Å². The van der Waals surface area contributed by atoms with Crippen molar-refractivity contribution in [1.29, 1.82) is 0 Å². The molecule has 1 aromatic heterocycles. The minimum atomic E-state index is -0.867. The highest BCUT2D eigenvalue weighted by atomic mass is 16.5. The Bertz CT molecular complexity index is 1280. The predicted octanol–water partition coefficient (Wildman–Crippen LogP) is 3.96. The molecule has 9 heteroatoms. The molecule has 34 heavy (non-hydrogen) atoms. The molecule has 1 N–H and O–H groups in total. The summed E-state index contributed by atoms with van der Waals surface area (Å²) in [4.78, 5) is 37.5. The number of nitrogens with zero attached hydrogens (tertiary/aromatic N) is 1. The quantitative estimate of drug-likeness (QED) is 0.502. The van der Waals surface area contributed by atoms with Crippen molar-refractivity contribution in [2.75, 3.05) is 26.1 Å². The van der Waals surface area contributed by atoms with E-state index in [1.165, 1.54) is 44.6 Å². The molecule has 1 amide bonds. The Balaban J connectivity index is 2.00. The van der Waals surface area contributed by atoms with Gasteiger partial charge in [-0.15, -0.1) is 5.73 Å². The SMILES string of the molecule is CCOC(=O)c1cc(NC(=O)c2ccccc2)c(=O)oc1/C=C/c1cc(OC)c(OC)cc1[N]. The molecule has 0 unspecified atom stereocenters. The third-order valence-electron chi connectivity index (χ3n) is 4.70. The van der Waals surface area contributed by atoms with Crippen LogP contribution in [0.5, 0.6) is 11.5 Å². The van der Waals surface area contributed by atoms with Crippen molar-refractivity contribution < 1.29 is 28.2 Å². The third kappa shape index (κ3) is 5.44. The normalized spacial score (nSPS) is 10.7. The zero-order valence-corrected chi connectivity index (χ0v) is 18.8. The maximum atomic E-state index is 12.5. The zero-order chi connectivity index (χ0) is 24.7. The average Bonchev–Trinajstić information content (AvgIpc) is 2.84. The lowest BCUT2D eigenvalue weighted by molar-refractivity contribution is 0.0522. The Labute approximate surface area is 195 Å². The first-order valence-corrected chi connectivity index (χ1v) is 10.2. The van der Waals surface area contributed by atoms with Crippen LogP contribution in [-0.2, 0) is 4.74 Å². The number of amides is 1. The molecule has 0 saturated heterocycles. The summed E-state index contributed by atoms with van der Waals surface area (Å²) in [6.45, 7) is 1.72. The van der Waals surface area contributed by atoms with Crippen LogP contribution in [0.1, 0.15) is 39.0 Å². The number of methoxy groups -OCH3 is 2. The molecule has 1 heterocycles. The van der Waals surface area contributed by atoms with Crippen LogP contribution in [0.4, 0.5) is 11.4 Å². The van der Waals surface area contributed by atoms with Gasteiger partial charge in [0.05, 0.1) is 26.5 Å². The summed E-state index contributed by atoms with van der Waals surface area (Å²) in [6, 6.07) is 12.3. The number of rotatable bonds is 8. The molecule has 0 atom stereocenters. The van der Waals surface area contributed by atoms with Crippen LogP contribution in [0.2, 0.25) is 0 Å². The van der Waals surface area contributed by atoms with Crippen molar-refractivity contribution in [3.05, 3.63) is 81.4 Å². The zero-order valence-electron chi connectivity index (χ0n) is 18.8. The van der Waals surface area contributed by atoms with Crippen LogP contribution in [-0.4, -0.2) is 32.7 Å². The second kappa shape index (κ2) is 10.9. The minimum absolute atomic E-state index is 0.0824. The van der Waals surface area contributed by atoms with E-state index in [0.29, 0.717) is 22.6 Å². The largest absolute Gasteiger partial charge is 0.493 e. The molecule has 3 rings (SSSR count). The lowest BCUT2D eigenvalue weighted by Gasteiger charge is -2.10. The molecular formula is C25H22N2O7. The van der Waals surface area contributed by atoms with Crippen molar-refractivity contribution in [1.82, 2.24) is 5.73 Å². The molecule has 3 aromatic rings. The van der Waals surface area contributed by atoms with E-state index in [1.54, 1.807) is 37.3 Å². The van der Waals surface area contributed by atoms with Crippen molar-refractivity contribution >= 4 is 35.4 Å². The average molecular weight is 462 g/mol. The van der Waals surface area contributed by atoms with Crippen molar-refractivity contribution in [2.24, 2.45) is 0 Å². The van der Waals surface area contributed by atoms with Gasteiger partial charge in [-0.2, -0.15) is 0 Å². The fourth-order valence-electron chi connectivity index (χ4n) is 3.03. The summed E-state index contributed by atoms with van der Waals surface area (Å²) >= 11 is 0. The number of hydrogen-bond donors (Lipinski definition) is 1. The molecule has 0 aliphatic carbocycles. The summed E-state index contributed by atoms with van der Waals surface area (Å²) < 4.78 is 20.7. The van der Waals surface area contributed by atoms with Crippen molar-refractivity contribution in [2.45, 2.75) is 6.92 Å². The van der Waals surface area contributed by atoms with Gasteiger partial charge in [0.15, 0.2) is 11.5 Å². The van der Waals surface area contributed by atoms with Gasteiger partial charge in [-0.05, 0) is 43.3 Å². The molecule has 0 aliphatic heterocycles. The van der Waals surface area contributed by atoms with E-state index < -0.39 is 17.5 Å². The van der Waals surface area contributed by atoms with Crippen molar-refractivity contribution in [3.8, 4) is 11.5 Å². The van der Waals surface area contributed by atoms with Gasteiger partial charge >= 0.3 is 11.6 Å². The third-order valence-corrected chi connectivity index (χ3v) is 4.70. The first-order chi connectivity index (χ1) is 16.4. The van der Waals surface area contributed by atoms with Gasteiger partial charge < -0.3 is 23.9 Å². The van der Waals surface area contributed by atoms with Gasteiger partial charge in [0.25, 0.3) is 5.91 Å². The number of carbonyl (C=O) groups is 2. The predicted molar refractivity (Wildman–Crippen MR) is 126 cm³/mol. The molecule has 174 valence electrons. The molecular weight excluding hydrogens is 440 g/mol. The summed E-state index contributed by atoms with van der Waals surface area (Å²) in [5, 5.41) is 2.45. The molecule has 0 fully saturated rings. The highest BCUT2D eigenvalue weighted by molar-refractivity contribution is 6.05. The summed E-state index contributed by atoms with van der Waals surface area (Å²) in [5.74, 6) is -0.713. The molecule has 2 radical (unpaired) electrons.